The van der Waals surface area contributed by atoms with Gasteiger partial charge in [0.15, 0.2) is 0 Å². The summed E-state index contributed by atoms with van der Waals surface area (Å²) in [6.07, 6.45) is 8.63. The number of hydrogen-bond acceptors (Lipinski definition) is 2. The van der Waals surface area contributed by atoms with Crippen LogP contribution in [0.4, 0.5) is 0 Å². The molecule has 1 aromatic rings. The lowest BCUT2D eigenvalue weighted by atomic mass is 10.0. The molecule has 108 valence electrons. The normalized spacial score (nSPS) is 18.1. The zero-order valence-electron chi connectivity index (χ0n) is 12.8. The van der Waals surface area contributed by atoms with Gasteiger partial charge < -0.3 is 5.73 Å². The van der Waals surface area contributed by atoms with Crippen molar-refractivity contribution >= 4 is 0 Å². The maximum absolute atomic E-state index is 6.01. The van der Waals surface area contributed by atoms with Gasteiger partial charge in [-0.05, 0) is 50.5 Å². The van der Waals surface area contributed by atoms with Gasteiger partial charge in [0.2, 0.25) is 0 Å². The number of nitrogens with two attached hydrogens (primary N) is 1. The average molecular weight is 263 g/mol. The summed E-state index contributed by atoms with van der Waals surface area (Å²) in [5.74, 6) is 0.845. The first-order valence-electron chi connectivity index (χ1n) is 7.98. The highest BCUT2D eigenvalue weighted by atomic mass is 15.3. The third-order valence-electron chi connectivity index (χ3n) is 4.35. The Morgan fingerprint density at radius 2 is 1.95 bits per heavy atom. The summed E-state index contributed by atoms with van der Waals surface area (Å²) in [6.45, 7) is 7.65. The van der Waals surface area contributed by atoms with Crippen LogP contribution in [0, 0.1) is 5.92 Å². The first kappa shape index (κ1) is 14.6. The zero-order valence-corrected chi connectivity index (χ0v) is 12.8. The fourth-order valence-corrected chi connectivity index (χ4v) is 3.41. The largest absolute Gasteiger partial charge is 0.328 e. The van der Waals surface area contributed by atoms with E-state index in [2.05, 4.69) is 25.5 Å². The maximum atomic E-state index is 6.01. The van der Waals surface area contributed by atoms with E-state index in [0.29, 0.717) is 0 Å². The number of nitrogens with zero attached hydrogens (tertiary/aromatic N) is 2. The summed E-state index contributed by atoms with van der Waals surface area (Å²) < 4.78 is 2.30. The van der Waals surface area contributed by atoms with Gasteiger partial charge >= 0.3 is 0 Å². The summed E-state index contributed by atoms with van der Waals surface area (Å²) in [4.78, 5) is 0. The molecule has 1 fully saturated rings. The Balaban J connectivity index is 2.23. The number of rotatable bonds is 6. The van der Waals surface area contributed by atoms with E-state index in [1.165, 1.54) is 42.6 Å². The lowest BCUT2D eigenvalue weighted by molar-refractivity contribution is 0.417. The smallest absolute Gasteiger partial charge is 0.0657 e. The number of hydrogen-bond donors (Lipinski definition) is 1. The molecule has 3 heteroatoms. The molecule has 2 rings (SSSR count). The minimum absolute atomic E-state index is 0.222. The van der Waals surface area contributed by atoms with Gasteiger partial charge in [-0.25, -0.2) is 0 Å². The molecular formula is C16H29N3. The highest BCUT2D eigenvalue weighted by molar-refractivity contribution is 5.28. The van der Waals surface area contributed by atoms with Gasteiger partial charge in [0.1, 0.15) is 0 Å². The van der Waals surface area contributed by atoms with Crippen LogP contribution >= 0.6 is 0 Å². The van der Waals surface area contributed by atoms with Gasteiger partial charge in [-0.15, -0.1) is 0 Å². The average Bonchev–Trinajstić information content (AvgIpc) is 2.97. The summed E-state index contributed by atoms with van der Waals surface area (Å²) in [7, 11) is 0. The summed E-state index contributed by atoms with van der Waals surface area (Å²) >= 11 is 0. The van der Waals surface area contributed by atoms with Crippen molar-refractivity contribution in [2.24, 2.45) is 11.7 Å². The molecule has 0 saturated heterocycles. The van der Waals surface area contributed by atoms with E-state index in [4.69, 9.17) is 10.8 Å². The molecule has 0 aromatic carbocycles. The molecule has 0 spiro atoms. The second-order valence-corrected chi connectivity index (χ2v) is 6.09. The monoisotopic (exact) mass is 263 g/mol. The van der Waals surface area contributed by atoms with Crippen LogP contribution in [0.1, 0.15) is 63.4 Å². The fourth-order valence-electron chi connectivity index (χ4n) is 3.41. The first-order valence-corrected chi connectivity index (χ1v) is 7.98. The molecule has 19 heavy (non-hydrogen) atoms. The van der Waals surface area contributed by atoms with Crippen LogP contribution < -0.4 is 5.73 Å². The Morgan fingerprint density at radius 1 is 1.26 bits per heavy atom. The van der Waals surface area contributed by atoms with Crippen molar-refractivity contribution < 1.29 is 0 Å². The molecule has 1 heterocycles. The molecule has 3 nitrogen and oxygen atoms in total. The second-order valence-electron chi connectivity index (χ2n) is 6.09. The van der Waals surface area contributed by atoms with Crippen molar-refractivity contribution in [1.82, 2.24) is 9.78 Å². The van der Waals surface area contributed by atoms with E-state index in [1.54, 1.807) is 0 Å². The minimum Gasteiger partial charge on any atom is -0.328 e. The highest BCUT2D eigenvalue weighted by Crippen LogP contribution is 2.28. The van der Waals surface area contributed by atoms with E-state index in [-0.39, 0.29) is 6.04 Å². The van der Waals surface area contributed by atoms with Gasteiger partial charge in [0.05, 0.1) is 5.69 Å². The van der Waals surface area contributed by atoms with Crippen LogP contribution in [-0.2, 0) is 25.8 Å². The van der Waals surface area contributed by atoms with Crippen LogP contribution in [0.15, 0.2) is 0 Å². The van der Waals surface area contributed by atoms with Gasteiger partial charge in [0, 0.05) is 18.3 Å². The van der Waals surface area contributed by atoms with Crippen LogP contribution in [0.3, 0.4) is 0 Å². The van der Waals surface area contributed by atoms with E-state index in [0.717, 1.165) is 31.7 Å². The molecular weight excluding hydrogens is 234 g/mol. The number of aryl methyl sites for hydroxylation is 1. The second kappa shape index (κ2) is 6.56. The van der Waals surface area contributed by atoms with E-state index in [1.807, 2.05) is 0 Å². The minimum atomic E-state index is 0.222. The quantitative estimate of drug-likeness (QED) is 0.857. The maximum Gasteiger partial charge on any atom is 0.0657 e. The van der Waals surface area contributed by atoms with E-state index in [9.17, 15) is 0 Å². The molecule has 1 atom stereocenters. The van der Waals surface area contributed by atoms with E-state index < -0.39 is 0 Å². The Labute approximate surface area is 117 Å². The fraction of sp³-hybridized carbons (Fsp3) is 0.812. The molecule has 0 radical (unpaired) electrons. The summed E-state index contributed by atoms with van der Waals surface area (Å²) in [5, 5.41) is 4.88. The SMILES string of the molecule is CCc1nn(CC2CCCC2)c(CC)c1CC(C)N. The van der Waals surface area contributed by atoms with Crippen molar-refractivity contribution in [2.75, 3.05) is 0 Å². The van der Waals surface area contributed by atoms with Crippen molar-refractivity contribution in [1.29, 1.82) is 0 Å². The predicted molar refractivity (Wildman–Crippen MR) is 80.3 cm³/mol. The van der Waals surface area contributed by atoms with Gasteiger partial charge in [0.25, 0.3) is 0 Å². The first-order chi connectivity index (χ1) is 9.15. The highest BCUT2D eigenvalue weighted by Gasteiger charge is 2.21. The van der Waals surface area contributed by atoms with Crippen molar-refractivity contribution in [2.45, 2.75) is 78.3 Å². The molecule has 1 aromatic heterocycles. The third kappa shape index (κ3) is 3.38. The molecule has 0 amide bonds. The van der Waals surface area contributed by atoms with Crippen LogP contribution in [-0.4, -0.2) is 15.8 Å². The van der Waals surface area contributed by atoms with Crippen molar-refractivity contribution in [3.05, 3.63) is 17.0 Å². The van der Waals surface area contributed by atoms with Gasteiger partial charge in [-0.2, -0.15) is 5.10 Å². The Bertz CT molecular complexity index is 400. The summed E-state index contributed by atoms with van der Waals surface area (Å²) in [5.41, 5.74) is 10.1. The van der Waals surface area contributed by atoms with Crippen LogP contribution in [0.25, 0.3) is 0 Å². The number of aromatic nitrogens is 2. The van der Waals surface area contributed by atoms with Crippen molar-refractivity contribution in [3.63, 3.8) is 0 Å². The molecule has 2 N–H and O–H groups in total. The predicted octanol–water partition coefficient (Wildman–Crippen LogP) is 3.09. The van der Waals surface area contributed by atoms with E-state index >= 15 is 0 Å². The molecule has 0 bridgehead atoms. The Morgan fingerprint density at radius 3 is 2.47 bits per heavy atom. The topological polar surface area (TPSA) is 43.8 Å². The zero-order chi connectivity index (χ0) is 13.8. The standard InChI is InChI=1S/C16H29N3/c1-4-15-14(10-12(3)17)16(5-2)19(18-15)11-13-8-6-7-9-13/h12-13H,4-11,17H2,1-3H3. The Kier molecular flexibility index (Phi) is 5.03. The Hall–Kier alpha value is -0.830. The lowest BCUT2D eigenvalue weighted by Gasteiger charge is -2.13. The third-order valence-corrected chi connectivity index (χ3v) is 4.35. The molecule has 1 saturated carbocycles. The molecule has 1 unspecified atom stereocenters. The van der Waals surface area contributed by atoms with Crippen LogP contribution in [0.5, 0.6) is 0 Å². The lowest BCUT2D eigenvalue weighted by Crippen LogP contribution is -2.19. The summed E-state index contributed by atoms with van der Waals surface area (Å²) in [6, 6.07) is 0.222. The van der Waals surface area contributed by atoms with Gasteiger partial charge in [-0.1, -0.05) is 26.7 Å². The molecule has 1 aliphatic carbocycles. The molecule has 1 aliphatic rings. The van der Waals surface area contributed by atoms with Crippen molar-refractivity contribution in [3.8, 4) is 0 Å². The molecule has 0 aliphatic heterocycles. The van der Waals surface area contributed by atoms with Gasteiger partial charge in [-0.3, -0.25) is 4.68 Å². The van der Waals surface area contributed by atoms with Crippen LogP contribution in [0.2, 0.25) is 0 Å².